The maximum Gasteiger partial charge on any atom is 0.345 e. The summed E-state index contributed by atoms with van der Waals surface area (Å²) in [6.07, 6.45) is 7.16. The Morgan fingerprint density at radius 1 is 1.16 bits per heavy atom. The molecule has 0 amide bonds. The molecule has 5 aromatic rings. The SMILES string of the molecule is CCCCCCc1cc2cc(-c3cn4c(n3)sc3cc(Cl)ccc34)c(=O)oc2cc1O. The van der Waals surface area contributed by atoms with E-state index in [4.69, 9.17) is 16.0 Å². The van der Waals surface area contributed by atoms with Gasteiger partial charge in [-0.3, -0.25) is 4.40 Å². The van der Waals surface area contributed by atoms with Crippen LogP contribution in [0.4, 0.5) is 0 Å². The van der Waals surface area contributed by atoms with Crippen LogP contribution in [0.15, 0.2) is 51.8 Å². The first-order valence-electron chi connectivity index (χ1n) is 10.4. The Morgan fingerprint density at radius 2 is 2.03 bits per heavy atom. The Labute approximate surface area is 187 Å². The number of aromatic nitrogens is 2. The number of imidazole rings is 1. The van der Waals surface area contributed by atoms with Crippen LogP contribution in [-0.2, 0) is 6.42 Å². The van der Waals surface area contributed by atoms with Crippen molar-refractivity contribution in [1.82, 2.24) is 9.38 Å². The summed E-state index contributed by atoms with van der Waals surface area (Å²) in [7, 11) is 0. The van der Waals surface area contributed by atoms with Gasteiger partial charge in [-0.05, 0) is 48.7 Å². The lowest BCUT2D eigenvalue weighted by Crippen LogP contribution is -2.03. The van der Waals surface area contributed by atoms with Crippen LogP contribution in [0.3, 0.4) is 0 Å². The van der Waals surface area contributed by atoms with Crippen LogP contribution in [0.25, 0.3) is 37.4 Å². The van der Waals surface area contributed by atoms with Gasteiger partial charge in [0.25, 0.3) is 0 Å². The number of hydrogen-bond acceptors (Lipinski definition) is 5. The van der Waals surface area contributed by atoms with Gasteiger partial charge in [0.05, 0.1) is 21.5 Å². The van der Waals surface area contributed by atoms with E-state index in [0.717, 1.165) is 45.4 Å². The van der Waals surface area contributed by atoms with Gasteiger partial charge in [0.15, 0.2) is 4.96 Å². The highest BCUT2D eigenvalue weighted by molar-refractivity contribution is 7.23. The minimum atomic E-state index is -0.472. The highest BCUT2D eigenvalue weighted by Crippen LogP contribution is 2.32. The summed E-state index contributed by atoms with van der Waals surface area (Å²) >= 11 is 7.61. The summed E-state index contributed by atoms with van der Waals surface area (Å²) in [6.45, 7) is 2.18. The molecule has 158 valence electrons. The molecule has 0 radical (unpaired) electrons. The molecule has 0 saturated carbocycles. The fourth-order valence-electron chi connectivity index (χ4n) is 3.93. The van der Waals surface area contributed by atoms with E-state index in [1.807, 2.05) is 40.9 Å². The molecule has 2 aromatic carbocycles. The van der Waals surface area contributed by atoms with Gasteiger partial charge in [-0.15, -0.1) is 0 Å². The molecule has 0 aliphatic heterocycles. The van der Waals surface area contributed by atoms with Crippen molar-refractivity contribution in [3.8, 4) is 17.0 Å². The van der Waals surface area contributed by atoms with Crippen molar-refractivity contribution in [3.05, 3.63) is 63.6 Å². The van der Waals surface area contributed by atoms with Gasteiger partial charge >= 0.3 is 5.63 Å². The highest BCUT2D eigenvalue weighted by Gasteiger charge is 2.16. The molecular weight excluding hydrogens is 432 g/mol. The second kappa shape index (κ2) is 8.02. The first-order chi connectivity index (χ1) is 15.0. The first kappa shape index (κ1) is 20.1. The van der Waals surface area contributed by atoms with E-state index in [2.05, 4.69) is 11.9 Å². The van der Waals surface area contributed by atoms with Crippen molar-refractivity contribution >= 4 is 49.1 Å². The van der Waals surface area contributed by atoms with Crippen LogP contribution >= 0.6 is 22.9 Å². The maximum absolute atomic E-state index is 12.7. The van der Waals surface area contributed by atoms with Crippen LogP contribution in [0.2, 0.25) is 5.02 Å². The van der Waals surface area contributed by atoms with Crippen LogP contribution in [0.5, 0.6) is 5.75 Å². The number of thiazole rings is 1. The lowest BCUT2D eigenvalue weighted by atomic mass is 10.0. The Balaban J connectivity index is 1.56. The number of aromatic hydroxyl groups is 1. The average molecular weight is 453 g/mol. The smallest absolute Gasteiger partial charge is 0.345 e. The first-order valence-corrected chi connectivity index (χ1v) is 11.6. The Kier molecular flexibility index (Phi) is 5.20. The predicted molar refractivity (Wildman–Crippen MR) is 127 cm³/mol. The molecule has 5 nitrogen and oxygen atoms in total. The minimum Gasteiger partial charge on any atom is -0.508 e. The molecule has 5 rings (SSSR count). The van der Waals surface area contributed by atoms with Crippen molar-refractivity contribution in [2.24, 2.45) is 0 Å². The highest BCUT2D eigenvalue weighted by atomic mass is 35.5. The molecule has 3 heterocycles. The molecule has 0 unspecified atom stereocenters. The molecule has 31 heavy (non-hydrogen) atoms. The summed E-state index contributed by atoms with van der Waals surface area (Å²) in [5.41, 5.74) is 2.75. The maximum atomic E-state index is 12.7. The average Bonchev–Trinajstić information content (AvgIpc) is 3.28. The van der Waals surface area contributed by atoms with Crippen molar-refractivity contribution in [3.63, 3.8) is 0 Å². The number of rotatable bonds is 6. The number of fused-ring (bicyclic) bond motifs is 4. The number of halogens is 1. The van der Waals surface area contributed by atoms with Crippen molar-refractivity contribution in [2.75, 3.05) is 0 Å². The van der Waals surface area contributed by atoms with Gasteiger partial charge < -0.3 is 9.52 Å². The molecule has 3 aromatic heterocycles. The van der Waals surface area contributed by atoms with Gasteiger partial charge in [-0.1, -0.05) is 49.1 Å². The molecule has 0 aliphatic carbocycles. The minimum absolute atomic E-state index is 0.174. The number of unbranched alkanes of at least 4 members (excludes halogenated alkanes) is 3. The van der Waals surface area contributed by atoms with Gasteiger partial charge in [-0.2, -0.15) is 0 Å². The van der Waals surface area contributed by atoms with Gasteiger partial charge in [0, 0.05) is 22.7 Å². The quantitative estimate of drug-likeness (QED) is 0.227. The Bertz CT molecular complexity index is 1480. The van der Waals surface area contributed by atoms with E-state index in [-0.39, 0.29) is 5.75 Å². The molecule has 0 fully saturated rings. The number of benzene rings is 2. The fraction of sp³-hybridized carbons (Fsp3) is 0.250. The number of aryl methyl sites for hydroxylation is 1. The summed E-state index contributed by atoms with van der Waals surface area (Å²) in [4.78, 5) is 18.1. The summed E-state index contributed by atoms with van der Waals surface area (Å²) in [5, 5.41) is 11.8. The number of hydrogen-bond donors (Lipinski definition) is 1. The Morgan fingerprint density at radius 3 is 2.87 bits per heavy atom. The van der Waals surface area contributed by atoms with Gasteiger partial charge in [-0.25, -0.2) is 9.78 Å². The molecule has 7 heteroatoms. The lowest BCUT2D eigenvalue weighted by molar-refractivity contribution is 0.464. The van der Waals surface area contributed by atoms with E-state index >= 15 is 0 Å². The van der Waals surface area contributed by atoms with Gasteiger partial charge in [0.2, 0.25) is 0 Å². The summed E-state index contributed by atoms with van der Waals surface area (Å²) in [5.74, 6) is 0.174. The fourth-order valence-corrected chi connectivity index (χ4v) is 5.21. The Hall–Kier alpha value is -2.83. The van der Waals surface area contributed by atoms with Crippen molar-refractivity contribution < 1.29 is 9.52 Å². The normalized spacial score (nSPS) is 11.8. The molecule has 0 bridgehead atoms. The van der Waals surface area contributed by atoms with E-state index in [0.29, 0.717) is 21.9 Å². The molecular formula is C24H21ClN2O3S. The lowest BCUT2D eigenvalue weighted by Gasteiger charge is -2.07. The van der Waals surface area contributed by atoms with E-state index < -0.39 is 5.63 Å². The summed E-state index contributed by atoms with van der Waals surface area (Å²) < 4.78 is 8.52. The van der Waals surface area contributed by atoms with Crippen molar-refractivity contribution in [1.29, 1.82) is 0 Å². The molecule has 0 spiro atoms. The topological polar surface area (TPSA) is 67.7 Å². The second-order valence-corrected chi connectivity index (χ2v) is 9.22. The third kappa shape index (κ3) is 3.70. The molecule has 1 N–H and O–H groups in total. The third-order valence-corrected chi connectivity index (χ3v) is 6.82. The number of phenolic OH excluding ortho intramolecular Hbond substituents is 1. The second-order valence-electron chi connectivity index (χ2n) is 7.77. The summed E-state index contributed by atoms with van der Waals surface area (Å²) in [6, 6.07) is 11.0. The van der Waals surface area contributed by atoms with E-state index in [9.17, 15) is 9.90 Å². The predicted octanol–water partition coefficient (Wildman–Crippen LogP) is 6.80. The zero-order chi connectivity index (χ0) is 21.5. The third-order valence-electron chi connectivity index (χ3n) is 5.57. The van der Waals surface area contributed by atoms with Crippen molar-refractivity contribution in [2.45, 2.75) is 39.0 Å². The molecule has 0 saturated heterocycles. The monoisotopic (exact) mass is 452 g/mol. The van der Waals surface area contributed by atoms with Gasteiger partial charge in [0.1, 0.15) is 11.3 Å². The molecule has 0 atom stereocenters. The van der Waals surface area contributed by atoms with Crippen LogP contribution in [-0.4, -0.2) is 14.5 Å². The number of phenols is 1. The largest absolute Gasteiger partial charge is 0.508 e. The van der Waals surface area contributed by atoms with E-state index in [1.54, 1.807) is 6.07 Å². The van der Waals surface area contributed by atoms with E-state index in [1.165, 1.54) is 24.2 Å². The molecule has 0 aliphatic rings. The van der Waals surface area contributed by atoms with Crippen LogP contribution in [0, 0.1) is 0 Å². The van der Waals surface area contributed by atoms with Crippen LogP contribution in [0.1, 0.15) is 38.2 Å². The zero-order valence-corrected chi connectivity index (χ0v) is 18.6. The zero-order valence-electron chi connectivity index (χ0n) is 17.0. The van der Waals surface area contributed by atoms with Crippen LogP contribution < -0.4 is 5.63 Å². The standard InChI is InChI=1S/C24H21ClN2O3S/c1-2-3-4-5-6-14-9-15-10-17(23(29)30-21(15)12-20(14)28)18-13-27-19-8-7-16(25)11-22(19)31-24(27)26-18/h7-13,28H,2-6H2,1H3. The number of nitrogens with zero attached hydrogens (tertiary/aromatic N) is 2.